The van der Waals surface area contributed by atoms with Crippen LogP contribution in [0.15, 0.2) is 0 Å². The van der Waals surface area contributed by atoms with E-state index in [-0.39, 0.29) is 6.03 Å². The molecular weight excluding hydrogens is 188 g/mol. The zero-order valence-electron chi connectivity index (χ0n) is 9.93. The number of rotatable bonds is 5. The number of amides is 2. The van der Waals surface area contributed by atoms with Crippen LogP contribution in [-0.4, -0.2) is 30.6 Å². The number of nitrogens with one attached hydrogen (secondary N) is 1. The molecule has 1 saturated heterocycles. The Morgan fingerprint density at radius 2 is 1.87 bits per heavy atom. The van der Waals surface area contributed by atoms with Crippen LogP contribution in [-0.2, 0) is 0 Å². The van der Waals surface area contributed by atoms with Gasteiger partial charge in [0.05, 0.1) is 0 Å². The number of hydrogen-bond donors (Lipinski definition) is 1. The van der Waals surface area contributed by atoms with E-state index in [1.807, 2.05) is 4.90 Å². The summed E-state index contributed by atoms with van der Waals surface area (Å²) in [4.78, 5) is 13.6. The summed E-state index contributed by atoms with van der Waals surface area (Å²) in [6.07, 6.45) is 8.50. The third-order valence-corrected chi connectivity index (χ3v) is 2.95. The van der Waals surface area contributed by atoms with Crippen LogP contribution < -0.4 is 5.32 Å². The fraction of sp³-hybridized carbons (Fsp3) is 0.917. The minimum atomic E-state index is 0.145. The van der Waals surface area contributed by atoms with E-state index in [1.54, 1.807) is 0 Å². The van der Waals surface area contributed by atoms with Gasteiger partial charge in [-0.25, -0.2) is 4.79 Å². The van der Waals surface area contributed by atoms with Crippen LogP contribution in [0.5, 0.6) is 0 Å². The van der Waals surface area contributed by atoms with Crippen LogP contribution >= 0.6 is 0 Å². The van der Waals surface area contributed by atoms with Gasteiger partial charge in [-0.15, -0.1) is 0 Å². The molecule has 1 aliphatic rings. The highest BCUT2D eigenvalue weighted by Crippen LogP contribution is 2.08. The van der Waals surface area contributed by atoms with Crippen molar-refractivity contribution in [2.24, 2.45) is 0 Å². The number of carbonyl (C=O) groups is 1. The maximum atomic E-state index is 11.6. The highest BCUT2D eigenvalue weighted by molar-refractivity contribution is 5.74. The molecule has 88 valence electrons. The van der Waals surface area contributed by atoms with Crippen molar-refractivity contribution in [1.82, 2.24) is 10.2 Å². The van der Waals surface area contributed by atoms with Gasteiger partial charge in [-0.2, -0.15) is 0 Å². The van der Waals surface area contributed by atoms with Crippen LogP contribution in [0.4, 0.5) is 4.79 Å². The third kappa shape index (κ3) is 5.05. The van der Waals surface area contributed by atoms with Crippen molar-refractivity contribution in [2.45, 2.75) is 51.9 Å². The average molecular weight is 212 g/mol. The van der Waals surface area contributed by atoms with Crippen LogP contribution in [0.3, 0.4) is 0 Å². The first kappa shape index (κ1) is 12.3. The zero-order chi connectivity index (χ0) is 10.9. The largest absolute Gasteiger partial charge is 0.338 e. The van der Waals surface area contributed by atoms with Crippen molar-refractivity contribution < 1.29 is 4.79 Å². The molecule has 1 rings (SSSR count). The Labute approximate surface area is 93.2 Å². The lowest BCUT2D eigenvalue weighted by Crippen LogP contribution is -2.43. The van der Waals surface area contributed by atoms with Crippen LogP contribution in [0, 0.1) is 0 Å². The summed E-state index contributed by atoms with van der Waals surface area (Å²) in [7, 11) is 0. The van der Waals surface area contributed by atoms with E-state index in [4.69, 9.17) is 0 Å². The van der Waals surface area contributed by atoms with Crippen molar-refractivity contribution in [3.8, 4) is 0 Å². The maximum Gasteiger partial charge on any atom is 0.317 e. The molecule has 1 aliphatic heterocycles. The highest BCUT2D eigenvalue weighted by atomic mass is 16.2. The smallest absolute Gasteiger partial charge is 0.317 e. The summed E-state index contributed by atoms with van der Waals surface area (Å²) in [5.41, 5.74) is 0. The van der Waals surface area contributed by atoms with Gasteiger partial charge in [-0.05, 0) is 25.7 Å². The second-order valence-electron chi connectivity index (χ2n) is 4.34. The number of unbranched alkanes of at least 4 members (excludes halogenated alkanes) is 3. The van der Waals surface area contributed by atoms with Gasteiger partial charge >= 0.3 is 6.03 Å². The van der Waals surface area contributed by atoms with Gasteiger partial charge in [0.15, 0.2) is 0 Å². The van der Waals surface area contributed by atoms with Crippen molar-refractivity contribution in [3.63, 3.8) is 0 Å². The summed E-state index contributed by atoms with van der Waals surface area (Å²) < 4.78 is 0. The van der Waals surface area contributed by atoms with Gasteiger partial charge in [0.25, 0.3) is 0 Å². The Balaban J connectivity index is 2.02. The number of piperidine rings is 1. The molecule has 0 atom stereocenters. The van der Waals surface area contributed by atoms with Crippen molar-refractivity contribution >= 4 is 6.03 Å². The normalized spacial score (nSPS) is 16.5. The van der Waals surface area contributed by atoms with Crippen LogP contribution in [0.1, 0.15) is 51.9 Å². The summed E-state index contributed by atoms with van der Waals surface area (Å²) >= 11 is 0. The molecule has 3 heteroatoms. The lowest BCUT2D eigenvalue weighted by atomic mass is 10.1. The second kappa shape index (κ2) is 7.55. The third-order valence-electron chi connectivity index (χ3n) is 2.95. The van der Waals surface area contributed by atoms with Crippen molar-refractivity contribution in [2.75, 3.05) is 19.6 Å². The second-order valence-corrected chi connectivity index (χ2v) is 4.34. The van der Waals surface area contributed by atoms with Gasteiger partial charge in [0, 0.05) is 19.6 Å². The van der Waals surface area contributed by atoms with E-state index in [9.17, 15) is 4.79 Å². The first-order valence-electron chi connectivity index (χ1n) is 6.37. The average Bonchev–Trinajstić information content (AvgIpc) is 2.30. The van der Waals surface area contributed by atoms with Gasteiger partial charge in [-0.3, -0.25) is 0 Å². The molecule has 0 unspecified atom stereocenters. The van der Waals surface area contributed by atoms with Gasteiger partial charge < -0.3 is 10.2 Å². The predicted molar refractivity (Wildman–Crippen MR) is 63.0 cm³/mol. The summed E-state index contributed by atoms with van der Waals surface area (Å²) in [6, 6.07) is 0.145. The fourth-order valence-corrected chi connectivity index (χ4v) is 1.96. The zero-order valence-corrected chi connectivity index (χ0v) is 9.93. The van der Waals surface area contributed by atoms with E-state index >= 15 is 0 Å². The monoisotopic (exact) mass is 212 g/mol. The number of urea groups is 1. The molecule has 1 N–H and O–H groups in total. The molecule has 3 nitrogen and oxygen atoms in total. The number of nitrogens with zero attached hydrogens (tertiary/aromatic N) is 1. The SMILES string of the molecule is CCCCCCNC(=O)N1CCCCC1. The first-order valence-corrected chi connectivity index (χ1v) is 6.37. The lowest BCUT2D eigenvalue weighted by molar-refractivity contribution is 0.186. The molecule has 15 heavy (non-hydrogen) atoms. The molecule has 0 aromatic heterocycles. The van der Waals surface area contributed by atoms with E-state index in [2.05, 4.69) is 12.2 Å². The van der Waals surface area contributed by atoms with Gasteiger partial charge in [0.1, 0.15) is 0 Å². The van der Waals surface area contributed by atoms with Crippen molar-refractivity contribution in [3.05, 3.63) is 0 Å². The molecule has 0 aliphatic carbocycles. The molecule has 0 radical (unpaired) electrons. The quantitative estimate of drug-likeness (QED) is 0.698. The Morgan fingerprint density at radius 1 is 1.13 bits per heavy atom. The predicted octanol–water partition coefficient (Wildman–Crippen LogP) is 2.76. The maximum absolute atomic E-state index is 11.6. The molecule has 0 aromatic rings. The molecule has 0 spiro atoms. The van der Waals surface area contributed by atoms with Crippen molar-refractivity contribution in [1.29, 1.82) is 0 Å². The van der Waals surface area contributed by atoms with E-state index < -0.39 is 0 Å². The van der Waals surface area contributed by atoms with Gasteiger partial charge in [-0.1, -0.05) is 26.2 Å². The Kier molecular flexibility index (Phi) is 6.21. The highest BCUT2D eigenvalue weighted by Gasteiger charge is 2.14. The molecule has 2 amide bonds. The number of carbonyl (C=O) groups excluding carboxylic acids is 1. The first-order chi connectivity index (χ1) is 7.34. The van der Waals surface area contributed by atoms with Crippen LogP contribution in [0.25, 0.3) is 0 Å². The summed E-state index contributed by atoms with van der Waals surface area (Å²) in [5, 5.41) is 3.00. The molecular formula is C12H24N2O. The molecule has 0 aromatic carbocycles. The number of hydrogen-bond acceptors (Lipinski definition) is 1. The number of likely N-dealkylation sites (tertiary alicyclic amines) is 1. The minimum absolute atomic E-state index is 0.145. The molecule has 0 saturated carbocycles. The van der Waals surface area contributed by atoms with Gasteiger partial charge in [0.2, 0.25) is 0 Å². The fourth-order valence-electron chi connectivity index (χ4n) is 1.96. The Hall–Kier alpha value is -0.730. The Bertz CT molecular complexity index is 176. The lowest BCUT2D eigenvalue weighted by Gasteiger charge is -2.26. The van der Waals surface area contributed by atoms with Crippen LogP contribution in [0.2, 0.25) is 0 Å². The van der Waals surface area contributed by atoms with E-state index in [1.165, 1.54) is 38.5 Å². The minimum Gasteiger partial charge on any atom is -0.338 e. The standard InChI is InChI=1S/C12H24N2O/c1-2-3-4-6-9-13-12(15)14-10-7-5-8-11-14/h2-11H2,1H3,(H,13,15). The van der Waals surface area contributed by atoms with E-state index in [0.29, 0.717) is 0 Å². The molecule has 0 bridgehead atoms. The summed E-state index contributed by atoms with van der Waals surface area (Å²) in [6.45, 7) is 4.93. The topological polar surface area (TPSA) is 32.3 Å². The molecule has 1 fully saturated rings. The Morgan fingerprint density at radius 3 is 2.53 bits per heavy atom. The van der Waals surface area contributed by atoms with E-state index in [0.717, 1.165) is 26.1 Å². The summed E-state index contributed by atoms with van der Waals surface area (Å²) in [5.74, 6) is 0. The molecule has 1 heterocycles.